The Morgan fingerprint density at radius 2 is 1.93 bits per heavy atom. The number of para-hydroxylation sites is 2. The molecule has 0 atom stereocenters. The van der Waals surface area contributed by atoms with Crippen LogP contribution >= 0.6 is 11.6 Å². The summed E-state index contributed by atoms with van der Waals surface area (Å²) in [5.41, 5.74) is 3.24. The quantitative estimate of drug-likeness (QED) is 0.686. The third-order valence-corrected chi connectivity index (χ3v) is 6.49. The fraction of sp³-hybridized carbons (Fsp3) is 0.458. The number of amidine groups is 1. The minimum absolute atomic E-state index is 0.0957. The van der Waals surface area contributed by atoms with Gasteiger partial charge >= 0.3 is 0 Å². The molecule has 1 spiro atoms. The lowest BCUT2D eigenvalue weighted by Gasteiger charge is -2.44. The van der Waals surface area contributed by atoms with Crippen LogP contribution in [0.1, 0.15) is 37.7 Å². The molecule has 1 aliphatic heterocycles. The van der Waals surface area contributed by atoms with Gasteiger partial charge in [-0.25, -0.2) is 4.99 Å². The van der Waals surface area contributed by atoms with Gasteiger partial charge in [-0.15, -0.1) is 0 Å². The molecule has 5 heteroatoms. The van der Waals surface area contributed by atoms with Gasteiger partial charge in [0.05, 0.1) is 16.9 Å². The first-order valence-corrected chi connectivity index (χ1v) is 11.0. The van der Waals surface area contributed by atoms with E-state index in [1.54, 1.807) is 0 Å². The Bertz CT molecular complexity index is 869. The molecule has 2 aromatic carbocycles. The van der Waals surface area contributed by atoms with Crippen molar-refractivity contribution >= 4 is 28.8 Å². The van der Waals surface area contributed by atoms with Crippen molar-refractivity contribution in [3.8, 4) is 0 Å². The molecule has 2 aliphatic rings. The Kier molecular flexibility index (Phi) is 6.12. The summed E-state index contributed by atoms with van der Waals surface area (Å²) in [4.78, 5) is 7.35. The first kappa shape index (κ1) is 20.2. The van der Waals surface area contributed by atoms with Gasteiger partial charge in [0.25, 0.3) is 0 Å². The number of hydrogen-bond donors (Lipinski definition) is 2. The molecule has 1 heterocycles. The van der Waals surface area contributed by atoms with E-state index in [1.807, 2.05) is 18.2 Å². The largest absolute Gasteiger partial charge is 0.371 e. The molecule has 0 unspecified atom stereocenters. The summed E-state index contributed by atoms with van der Waals surface area (Å²) in [6.45, 7) is 1.90. The van der Waals surface area contributed by atoms with Gasteiger partial charge in [0, 0.05) is 11.6 Å². The fourth-order valence-corrected chi connectivity index (χ4v) is 4.74. The zero-order valence-corrected chi connectivity index (χ0v) is 18.2. The van der Waals surface area contributed by atoms with Crippen molar-refractivity contribution in [3.63, 3.8) is 0 Å². The van der Waals surface area contributed by atoms with Crippen molar-refractivity contribution in [2.24, 2.45) is 10.9 Å². The number of halogens is 1. The van der Waals surface area contributed by atoms with Crippen LogP contribution in [0.5, 0.6) is 0 Å². The normalized spacial score (nSPS) is 23.4. The average molecular weight is 411 g/mol. The molecule has 154 valence electrons. The molecule has 1 fully saturated rings. The number of nitrogens with one attached hydrogen (secondary N) is 2. The summed E-state index contributed by atoms with van der Waals surface area (Å²) in [6, 6.07) is 16.4. The number of rotatable bonds is 5. The average Bonchev–Trinajstić information content (AvgIpc) is 2.72. The van der Waals surface area contributed by atoms with Gasteiger partial charge in [0.15, 0.2) is 0 Å². The Morgan fingerprint density at radius 1 is 1.14 bits per heavy atom. The molecule has 0 aromatic heterocycles. The van der Waals surface area contributed by atoms with E-state index in [1.165, 1.54) is 31.4 Å². The number of hydrogen-bond acceptors (Lipinski definition) is 4. The molecule has 0 radical (unpaired) electrons. The highest BCUT2D eigenvalue weighted by Crippen LogP contribution is 2.42. The van der Waals surface area contributed by atoms with E-state index >= 15 is 0 Å². The van der Waals surface area contributed by atoms with Gasteiger partial charge in [0.2, 0.25) is 0 Å². The highest BCUT2D eigenvalue weighted by atomic mass is 35.5. The van der Waals surface area contributed by atoms with Crippen LogP contribution < -0.4 is 10.6 Å². The lowest BCUT2D eigenvalue weighted by atomic mass is 9.73. The van der Waals surface area contributed by atoms with Crippen molar-refractivity contribution in [2.75, 3.05) is 26.0 Å². The van der Waals surface area contributed by atoms with Crippen LogP contribution in [0.3, 0.4) is 0 Å². The second-order valence-electron chi connectivity index (χ2n) is 8.70. The first-order chi connectivity index (χ1) is 14.0. The highest BCUT2D eigenvalue weighted by Gasteiger charge is 2.42. The number of benzene rings is 2. The molecule has 0 amide bonds. The maximum atomic E-state index is 6.17. The monoisotopic (exact) mass is 410 g/mol. The molecular weight excluding hydrogens is 380 g/mol. The summed E-state index contributed by atoms with van der Waals surface area (Å²) in [7, 11) is 4.32. The number of anilines is 1. The molecule has 1 aliphatic carbocycles. The molecule has 29 heavy (non-hydrogen) atoms. The molecule has 4 nitrogen and oxygen atoms in total. The maximum Gasteiger partial charge on any atom is 0.128 e. The summed E-state index contributed by atoms with van der Waals surface area (Å²) < 4.78 is 0. The fourth-order valence-electron chi connectivity index (χ4n) is 4.52. The lowest BCUT2D eigenvalue weighted by Crippen LogP contribution is -2.55. The van der Waals surface area contributed by atoms with E-state index in [0.717, 1.165) is 47.5 Å². The molecule has 2 aromatic rings. The molecule has 4 rings (SSSR count). The third kappa shape index (κ3) is 4.76. The Morgan fingerprint density at radius 3 is 2.69 bits per heavy atom. The van der Waals surface area contributed by atoms with Crippen LogP contribution in [-0.4, -0.2) is 36.9 Å². The minimum Gasteiger partial charge on any atom is -0.371 e. The van der Waals surface area contributed by atoms with Gasteiger partial charge in [-0.2, -0.15) is 0 Å². The zero-order valence-electron chi connectivity index (χ0n) is 17.4. The van der Waals surface area contributed by atoms with Crippen LogP contribution in [0.15, 0.2) is 53.5 Å². The summed E-state index contributed by atoms with van der Waals surface area (Å²) in [6.07, 6.45) is 5.98. The third-order valence-electron chi connectivity index (χ3n) is 6.26. The first-order valence-electron chi connectivity index (χ1n) is 10.6. The smallest absolute Gasteiger partial charge is 0.128 e. The summed E-state index contributed by atoms with van der Waals surface area (Å²) in [5, 5.41) is 8.29. The lowest BCUT2D eigenvalue weighted by molar-refractivity contribution is 0.259. The van der Waals surface area contributed by atoms with E-state index in [0.29, 0.717) is 0 Å². The van der Waals surface area contributed by atoms with Crippen molar-refractivity contribution in [2.45, 2.75) is 44.2 Å². The molecule has 1 saturated carbocycles. The van der Waals surface area contributed by atoms with Gasteiger partial charge in [0.1, 0.15) is 5.84 Å². The van der Waals surface area contributed by atoms with Crippen LogP contribution in [0.4, 0.5) is 11.4 Å². The Labute approximate surface area is 179 Å². The van der Waals surface area contributed by atoms with Crippen molar-refractivity contribution in [1.82, 2.24) is 10.2 Å². The number of aliphatic imine (C=N–C) groups is 1. The summed E-state index contributed by atoms with van der Waals surface area (Å²) >= 11 is 6.17. The molecule has 2 N–H and O–H groups in total. The number of fused-ring (bicyclic) bond motifs is 1. The van der Waals surface area contributed by atoms with Crippen LogP contribution in [0, 0.1) is 5.92 Å². The van der Waals surface area contributed by atoms with Crippen LogP contribution in [0.25, 0.3) is 0 Å². The van der Waals surface area contributed by atoms with E-state index in [9.17, 15) is 0 Å². The van der Waals surface area contributed by atoms with Crippen molar-refractivity contribution in [3.05, 3.63) is 59.1 Å². The Hall–Kier alpha value is -2.04. The maximum absolute atomic E-state index is 6.17. The Balaban J connectivity index is 1.52. The standard InChI is InChI=1S/C24H31ClN4/c1-29(2)15-12-18-10-13-24(14-11-18)23(26-17-19-6-5-7-20(25)16-19)27-21-8-3-4-9-22(21)28-24/h3-9,16,18,28H,10-15,17H2,1-2H3,(H,26,27). The molecule has 0 bridgehead atoms. The SMILES string of the molecule is CN(C)CCC1CCC2(CC1)Nc1ccccc1N=C2NCc1cccc(Cl)c1. The van der Waals surface area contributed by atoms with E-state index in [2.05, 4.69) is 60.0 Å². The van der Waals surface area contributed by atoms with E-state index in [4.69, 9.17) is 16.6 Å². The van der Waals surface area contributed by atoms with Crippen LogP contribution in [0.2, 0.25) is 5.02 Å². The highest BCUT2D eigenvalue weighted by molar-refractivity contribution is 6.30. The van der Waals surface area contributed by atoms with E-state index < -0.39 is 0 Å². The minimum atomic E-state index is -0.0957. The molecule has 0 saturated heterocycles. The van der Waals surface area contributed by atoms with E-state index in [-0.39, 0.29) is 5.54 Å². The van der Waals surface area contributed by atoms with Gasteiger partial charge in [-0.05, 0) is 88.5 Å². The van der Waals surface area contributed by atoms with Gasteiger partial charge < -0.3 is 15.5 Å². The second kappa shape index (κ2) is 8.76. The van der Waals surface area contributed by atoms with Crippen molar-refractivity contribution < 1.29 is 0 Å². The van der Waals surface area contributed by atoms with Gasteiger partial charge in [-0.1, -0.05) is 35.9 Å². The predicted octanol–water partition coefficient (Wildman–Crippen LogP) is 5.47. The molecular formula is C24H31ClN4. The topological polar surface area (TPSA) is 39.7 Å². The second-order valence-corrected chi connectivity index (χ2v) is 9.14. The number of nitrogens with zero attached hydrogens (tertiary/aromatic N) is 2. The van der Waals surface area contributed by atoms with Crippen molar-refractivity contribution in [1.29, 1.82) is 0 Å². The zero-order chi connectivity index (χ0) is 20.3. The van der Waals surface area contributed by atoms with Gasteiger partial charge in [-0.3, -0.25) is 0 Å². The predicted molar refractivity (Wildman–Crippen MR) is 123 cm³/mol. The van der Waals surface area contributed by atoms with Crippen LogP contribution in [-0.2, 0) is 6.54 Å². The summed E-state index contributed by atoms with van der Waals surface area (Å²) in [5.74, 6) is 1.87.